The Morgan fingerprint density at radius 2 is 1.97 bits per heavy atom. The van der Waals surface area contributed by atoms with Crippen LogP contribution in [0.15, 0.2) is 48.5 Å². The number of benzene rings is 2. The highest BCUT2D eigenvalue weighted by Crippen LogP contribution is 2.23. The van der Waals surface area contributed by atoms with Crippen molar-refractivity contribution in [2.24, 2.45) is 0 Å². The van der Waals surface area contributed by atoms with Crippen LogP contribution < -0.4 is 10.2 Å². The van der Waals surface area contributed by atoms with Crippen LogP contribution in [-0.4, -0.2) is 49.2 Å². The van der Waals surface area contributed by atoms with Crippen LogP contribution in [0.4, 0.5) is 10.5 Å². The fraction of sp³-hybridized carbons (Fsp3) is 0.391. The molecule has 0 aromatic heterocycles. The number of hydrogen-bond acceptors (Lipinski definition) is 3. The topological polar surface area (TPSA) is 61.9 Å². The molecule has 1 atom stereocenters. The number of anilines is 1. The highest BCUT2D eigenvalue weighted by atomic mass is 35.5. The normalized spacial score (nSPS) is 19.2. The van der Waals surface area contributed by atoms with Crippen LogP contribution in [0.25, 0.3) is 0 Å². The highest BCUT2D eigenvalue weighted by Gasteiger charge is 2.27. The maximum Gasteiger partial charge on any atom is 0.324 e. The van der Waals surface area contributed by atoms with Gasteiger partial charge < -0.3 is 15.0 Å². The van der Waals surface area contributed by atoms with Crippen LogP contribution in [0, 0.1) is 0 Å². The monoisotopic (exact) mass is 427 g/mol. The molecule has 2 heterocycles. The molecule has 2 saturated heterocycles. The summed E-state index contributed by atoms with van der Waals surface area (Å²) in [6.07, 6.45) is 2.99. The van der Waals surface area contributed by atoms with Crippen molar-refractivity contribution in [2.75, 3.05) is 31.1 Å². The Hall–Kier alpha value is -2.57. The first kappa shape index (κ1) is 20.7. The van der Waals surface area contributed by atoms with Gasteiger partial charge >= 0.3 is 6.03 Å². The van der Waals surface area contributed by atoms with Gasteiger partial charge in [-0.2, -0.15) is 0 Å². The minimum absolute atomic E-state index is 0.0480. The molecular weight excluding hydrogens is 402 g/mol. The Morgan fingerprint density at radius 3 is 2.73 bits per heavy atom. The first-order valence-electron chi connectivity index (χ1n) is 10.4. The van der Waals surface area contributed by atoms with Crippen LogP contribution in [-0.2, 0) is 11.3 Å². The van der Waals surface area contributed by atoms with Crippen LogP contribution >= 0.6 is 11.6 Å². The van der Waals surface area contributed by atoms with E-state index in [-0.39, 0.29) is 18.0 Å². The number of carbonyl (C=O) groups is 2. The molecule has 2 aliphatic heterocycles. The number of rotatable bonds is 6. The second-order valence-corrected chi connectivity index (χ2v) is 8.17. The van der Waals surface area contributed by atoms with Gasteiger partial charge in [0, 0.05) is 49.1 Å². The molecule has 7 heteroatoms. The summed E-state index contributed by atoms with van der Waals surface area (Å²) in [6.45, 7) is 3.16. The Bertz CT molecular complexity index is 897. The molecule has 0 unspecified atom stereocenters. The number of urea groups is 1. The molecule has 0 saturated carbocycles. The van der Waals surface area contributed by atoms with E-state index in [9.17, 15) is 9.59 Å². The van der Waals surface area contributed by atoms with Gasteiger partial charge in [-0.15, -0.1) is 0 Å². The summed E-state index contributed by atoms with van der Waals surface area (Å²) in [5.74, 6) is -0.144. The summed E-state index contributed by atoms with van der Waals surface area (Å²) < 4.78 is 5.56. The maximum atomic E-state index is 13.1. The van der Waals surface area contributed by atoms with Crippen molar-refractivity contribution < 1.29 is 14.3 Å². The summed E-state index contributed by atoms with van der Waals surface area (Å²) in [7, 11) is 0. The van der Waals surface area contributed by atoms with Crippen LogP contribution in [0.5, 0.6) is 0 Å². The molecule has 158 valence electrons. The molecule has 2 aliphatic rings. The average molecular weight is 428 g/mol. The predicted molar refractivity (Wildman–Crippen MR) is 117 cm³/mol. The largest absolute Gasteiger partial charge is 0.376 e. The number of carbonyl (C=O) groups excluding carboxylic acids is 2. The van der Waals surface area contributed by atoms with Crippen LogP contribution in [0.3, 0.4) is 0 Å². The third-order valence-corrected chi connectivity index (χ3v) is 5.78. The van der Waals surface area contributed by atoms with E-state index in [4.69, 9.17) is 16.3 Å². The lowest BCUT2D eigenvalue weighted by Gasteiger charge is -2.36. The molecule has 2 aromatic rings. The molecule has 0 radical (unpaired) electrons. The molecular formula is C23H26ClN3O3. The number of hydrogen-bond donors (Lipinski definition) is 1. The van der Waals surface area contributed by atoms with Gasteiger partial charge in [-0.1, -0.05) is 29.8 Å². The molecule has 0 aliphatic carbocycles. The lowest BCUT2D eigenvalue weighted by atomic mass is 10.1. The molecule has 3 amide bonds. The van der Waals surface area contributed by atoms with E-state index in [1.807, 2.05) is 41.3 Å². The van der Waals surface area contributed by atoms with Crippen molar-refractivity contribution in [2.45, 2.75) is 31.9 Å². The van der Waals surface area contributed by atoms with Crippen molar-refractivity contribution in [1.29, 1.82) is 0 Å². The average Bonchev–Trinajstić information content (AvgIpc) is 3.29. The zero-order valence-corrected chi connectivity index (χ0v) is 17.6. The quantitative estimate of drug-likeness (QED) is 0.755. The van der Waals surface area contributed by atoms with Gasteiger partial charge in [0.1, 0.15) is 0 Å². The number of nitrogens with one attached hydrogen (secondary N) is 1. The lowest BCUT2D eigenvalue weighted by molar-refractivity contribution is 0.0857. The summed E-state index contributed by atoms with van der Waals surface area (Å²) in [6, 6.07) is 14.8. The van der Waals surface area contributed by atoms with Gasteiger partial charge in [-0.25, -0.2) is 4.79 Å². The summed E-state index contributed by atoms with van der Waals surface area (Å²) in [5, 5.41) is 3.62. The molecule has 1 N–H and O–H groups in total. The van der Waals surface area contributed by atoms with E-state index < -0.39 is 0 Å². The first-order valence-corrected chi connectivity index (χ1v) is 10.8. The van der Waals surface area contributed by atoms with E-state index >= 15 is 0 Å². The molecule has 0 spiro atoms. The second kappa shape index (κ2) is 9.49. The SMILES string of the molecule is O=C(NC[C@H]1CCCO1)c1cccc(N2CCCN(Cc3ccc(Cl)cc3)C2=O)c1. The highest BCUT2D eigenvalue weighted by molar-refractivity contribution is 6.30. The van der Waals surface area contributed by atoms with Gasteiger partial charge in [0.2, 0.25) is 0 Å². The van der Waals surface area contributed by atoms with Crippen molar-refractivity contribution in [1.82, 2.24) is 10.2 Å². The van der Waals surface area contributed by atoms with Crippen LogP contribution in [0.2, 0.25) is 5.02 Å². The Morgan fingerprint density at radius 1 is 1.13 bits per heavy atom. The fourth-order valence-corrected chi connectivity index (χ4v) is 4.03. The van der Waals surface area contributed by atoms with Crippen LogP contribution in [0.1, 0.15) is 35.2 Å². The van der Waals surface area contributed by atoms with E-state index in [2.05, 4.69) is 5.32 Å². The summed E-state index contributed by atoms with van der Waals surface area (Å²) in [5.41, 5.74) is 2.33. The smallest absolute Gasteiger partial charge is 0.324 e. The Labute approximate surface area is 181 Å². The van der Waals surface area contributed by atoms with E-state index in [0.29, 0.717) is 36.8 Å². The third-order valence-electron chi connectivity index (χ3n) is 5.53. The second-order valence-electron chi connectivity index (χ2n) is 7.73. The number of halogens is 1. The fourth-order valence-electron chi connectivity index (χ4n) is 3.91. The van der Waals surface area contributed by atoms with Gasteiger partial charge in [-0.05, 0) is 55.2 Å². The Kier molecular flexibility index (Phi) is 6.55. The third kappa shape index (κ3) is 4.94. The number of amides is 3. The number of nitrogens with zero attached hydrogens (tertiary/aromatic N) is 2. The molecule has 4 rings (SSSR count). The van der Waals surface area contributed by atoms with E-state index in [0.717, 1.165) is 37.1 Å². The van der Waals surface area contributed by atoms with Gasteiger partial charge in [0.05, 0.1) is 6.10 Å². The van der Waals surface area contributed by atoms with Gasteiger partial charge in [0.15, 0.2) is 0 Å². The molecule has 6 nitrogen and oxygen atoms in total. The predicted octanol–water partition coefficient (Wildman–Crippen LogP) is 4.08. The van der Waals surface area contributed by atoms with Crippen molar-refractivity contribution in [3.05, 3.63) is 64.7 Å². The molecule has 2 aromatic carbocycles. The van der Waals surface area contributed by atoms with E-state index in [1.54, 1.807) is 17.0 Å². The zero-order valence-electron chi connectivity index (χ0n) is 16.9. The number of ether oxygens (including phenoxy) is 1. The molecule has 30 heavy (non-hydrogen) atoms. The van der Waals surface area contributed by atoms with Crippen molar-refractivity contribution >= 4 is 29.2 Å². The van der Waals surface area contributed by atoms with Gasteiger partial charge in [-0.3, -0.25) is 9.69 Å². The van der Waals surface area contributed by atoms with Gasteiger partial charge in [0.25, 0.3) is 5.91 Å². The first-order chi connectivity index (χ1) is 14.6. The van der Waals surface area contributed by atoms with Crippen molar-refractivity contribution in [3.8, 4) is 0 Å². The lowest BCUT2D eigenvalue weighted by Crippen LogP contribution is -2.49. The molecule has 0 bridgehead atoms. The minimum atomic E-state index is -0.144. The minimum Gasteiger partial charge on any atom is -0.376 e. The van der Waals surface area contributed by atoms with E-state index in [1.165, 1.54) is 0 Å². The summed E-state index contributed by atoms with van der Waals surface area (Å²) in [4.78, 5) is 29.2. The zero-order chi connectivity index (χ0) is 20.9. The Balaban J connectivity index is 1.42. The van der Waals surface area contributed by atoms with Crippen molar-refractivity contribution in [3.63, 3.8) is 0 Å². The standard InChI is InChI=1S/C23H26ClN3O3/c24-19-9-7-17(8-10-19)16-26-11-3-12-27(23(26)29)20-5-1-4-18(14-20)22(28)25-15-21-6-2-13-30-21/h1,4-5,7-10,14,21H,2-3,6,11-13,15-16H2,(H,25,28)/t21-/m1/s1. The summed E-state index contributed by atoms with van der Waals surface area (Å²) >= 11 is 5.96. The maximum absolute atomic E-state index is 13.1. The molecule has 2 fully saturated rings.